The van der Waals surface area contributed by atoms with Crippen molar-refractivity contribution in [2.24, 2.45) is 5.10 Å². The minimum absolute atomic E-state index is 0.0505. The molecule has 0 bridgehead atoms. The molecule has 130 valence electrons. The minimum Gasteiger partial charge on any atom is -0.455 e. The Morgan fingerprint density at radius 3 is 2.77 bits per heavy atom. The Balaban J connectivity index is 1.71. The van der Waals surface area contributed by atoms with Gasteiger partial charge in [0, 0.05) is 18.0 Å². The van der Waals surface area contributed by atoms with Crippen LogP contribution in [0.3, 0.4) is 0 Å². The fourth-order valence-electron chi connectivity index (χ4n) is 2.23. The number of carbonyl (C=O) groups is 1. The standard InChI is InChI=1S/C18H14N4O4/c1-12-6-7-13(10-19-12)18(23)21-20-11-14-8-9-17(26-14)15-4-2-3-5-16(15)22(24)25/h2-11H,1H3,(H,21,23). The highest BCUT2D eigenvalue weighted by molar-refractivity contribution is 5.94. The van der Waals surface area contributed by atoms with Gasteiger partial charge in [0.25, 0.3) is 11.6 Å². The number of rotatable bonds is 5. The van der Waals surface area contributed by atoms with E-state index in [1.807, 2.05) is 6.92 Å². The zero-order chi connectivity index (χ0) is 18.5. The summed E-state index contributed by atoms with van der Waals surface area (Å²) < 4.78 is 5.55. The second kappa shape index (κ2) is 7.39. The molecule has 0 aliphatic carbocycles. The van der Waals surface area contributed by atoms with Gasteiger partial charge in [0.2, 0.25) is 0 Å². The van der Waals surface area contributed by atoms with Gasteiger partial charge in [-0.15, -0.1) is 0 Å². The first-order valence-corrected chi connectivity index (χ1v) is 7.64. The number of carbonyl (C=O) groups excluding carboxylic acids is 1. The molecule has 2 aromatic heterocycles. The zero-order valence-corrected chi connectivity index (χ0v) is 13.7. The lowest BCUT2D eigenvalue weighted by molar-refractivity contribution is -0.384. The van der Waals surface area contributed by atoms with Gasteiger partial charge in [-0.1, -0.05) is 12.1 Å². The van der Waals surface area contributed by atoms with Crippen LogP contribution in [0.2, 0.25) is 0 Å². The molecular weight excluding hydrogens is 336 g/mol. The number of benzene rings is 1. The molecule has 0 atom stereocenters. The number of nitro groups is 1. The normalized spacial score (nSPS) is 10.8. The average molecular weight is 350 g/mol. The number of furan rings is 1. The predicted molar refractivity (Wildman–Crippen MR) is 94.8 cm³/mol. The molecule has 2 heterocycles. The number of aromatic nitrogens is 1. The molecule has 1 N–H and O–H groups in total. The summed E-state index contributed by atoms with van der Waals surface area (Å²) in [7, 11) is 0. The summed E-state index contributed by atoms with van der Waals surface area (Å²) in [4.78, 5) is 26.6. The number of nitro benzene ring substituents is 1. The van der Waals surface area contributed by atoms with Crippen LogP contribution in [-0.4, -0.2) is 22.0 Å². The number of para-hydroxylation sites is 1. The van der Waals surface area contributed by atoms with Crippen LogP contribution in [-0.2, 0) is 0 Å². The van der Waals surface area contributed by atoms with E-state index >= 15 is 0 Å². The fraction of sp³-hybridized carbons (Fsp3) is 0.0556. The number of nitrogens with one attached hydrogen (secondary N) is 1. The average Bonchev–Trinajstić information content (AvgIpc) is 3.11. The molecule has 8 nitrogen and oxygen atoms in total. The third-order valence-corrected chi connectivity index (χ3v) is 3.52. The topological polar surface area (TPSA) is 111 Å². The Labute approximate surface area is 148 Å². The van der Waals surface area contributed by atoms with Gasteiger partial charge >= 0.3 is 0 Å². The summed E-state index contributed by atoms with van der Waals surface area (Å²) in [5, 5.41) is 14.9. The van der Waals surface area contributed by atoms with Crippen molar-refractivity contribution in [1.29, 1.82) is 0 Å². The van der Waals surface area contributed by atoms with Crippen LogP contribution in [0.5, 0.6) is 0 Å². The Morgan fingerprint density at radius 2 is 2.04 bits per heavy atom. The molecule has 8 heteroatoms. The number of nitrogens with zero attached hydrogens (tertiary/aromatic N) is 3. The van der Waals surface area contributed by atoms with E-state index in [9.17, 15) is 14.9 Å². The van der Waals surface area contributed by atoms with Gasteiger partial charge in [-0.05, 0) is 37.3 Å². The molecular formula is C18H14N4O4. The fourth-order valence-corrected chi connectivity index (χ4v) is 2.23. The summed E-state index contributed by atoms with van der Waals surface area (Å²) in [6.07, 6.45) is 2.78. The highest BCUT2D eigenvalue weighted by Crippen LogP contribution is 2.30. The highest BCUT2D eigenvalue weighted by Gasteiger charge is 2.16. The van der Waals surface area contributed by atoms with Crippen molar-refractivity contribution in [1.82, 2.24) is 10.4 Å². The molecule has 0 aliphatic heterocycles. The maximum absolute atomic E-state index is 11.9. The van der Waals surface area contributed by atoms with Crippen LogP contribution in [0.1, 0.15) is 21.8 Å². The van der Waals surface area contributed by atoms with Crippen molar-refractivity contribution in [3.8, 4) is 11.3 Å². The smallest absolute Gasteiger partial charge is 0.280 e. The SMILES string of the molecule is Cc1ccc(C(=O)NN=Cc2ccc(-c3ccccc3[N+](=O)[O-])o2)cn1. The van der Waals surface area contributed by atoms with Crippen LogP contribution in [0.4, 0.5) is 5.69 Å². The van der Waals surface area contributed by atoms with Crippen LogP contribution in [0.25, 0.3) is 11.3 Å². The Hall–Kier alpha value is -3.81. The third-order valence-electron chi connectivity index (χ3n) is 3.52. The van der Waals surface area contributed by atoms with Crippen molar-refractivity contribution in [3.05, 3.63) is 81.9 Å². The molecule has 0 spiro atoms. The summed E-state index contributed by atoms with van der Waals surface area (Å²) >= 11 is 0. The van der Waals surface area contributed by atoms with E-state index in [1.165, 1.54) is 18.5 Å². The van der Waals surface area contributed by atoms with Crippen LogP contribution in [0.15, 0.2) is 64.2 Å². The van der Waals surface area contributed by atoms with Gasteiger partial charge in [-0.3, -0.25) is 19.9 Å². The monoisotopic (exact) mass is 350 g/mol. The number of hydrogen-bond acceptors (Lipinski definition) is 6. The van der Waals surface area contributed by atoms with Crippen molar-refractivity contribution in [2.45, 2.75) is 6.92 Å². The lowest BCUT2D eigenvalue weighted by atomic mass is 10.1. The molecule has 0 saturated carbocycles. The van der Waals surface area contributed by atoms with Crippen molar-refractivity contribution in [2.75, 3.05) is 0 Å². The molecule has 3 aromatic rings. The Bertz CT molecular complexity index is 977. The molecule has 0 aliphatic rings. The zero-order valence-electron chi connectivity index (χ0n) is 13.7. The first kappa shape index (κ1) is 17.0. The molecule has 26 heavy (non-hydrogen) atoms. The summed E-state index contributed by atoms with van der Waals surface area (Å²) in [6.45, 7) is 1.82. The van der Waals surface area contributed by atoms with E-state index in [2.05, 4.69) is 15.5 Å². The summed E-state index contributed by atoms with van der Waals surface area (Å²) in [5.74, 6) is 0.285. The quantitative estimate of drug-likeness (QED) is 0.431. The van der Waals surface area contributed by atoms with E-state index in [0.29, 0.717) is 22.6 Å². The van der Waals surface area contributed by atoms with E-state index in [4.69, 9.17) is 4.42 Å². The van der Waals surface area contributed by atoms with Crippen molar-refractivity contribution >= 4 is 17.8 Å². The van der Waals surface area contributed by atoms with Gasteiger partial charge in [0.15, 0.2) is 0 Å². The predicted octanol–water partition coefficient (Wildman–Crippen LogP) is 3.32. The number of hydrazone groups is 1. The largest absolute Gasteiger partial charge is 0.455 e. The number of aryl methyl sites for hydroxylation is 1. The third kappa shape index (κ3) is 3.81. The lowest BCUT2D eigenvalue weighted by Crippen LogP contribution is -2.17. The second-order valence-electron chi connectivity index (χ2n) is 5.36. The Kier molecular flexibility index (Phi) is 4.84. The van der Waals surface area contributed by atoms with Crippen LogP contribution >= 0.6 is 0 Å². The van der Waals surface area contributed by atoms with E-state index in [-0.39, 0.29) is 5.69 Å². The van der Waals surface area contributed by atoms with Gasteiger partial charge in [-0.2, -0.15) is 5.10 Å². The molecule has 0 saturated heterocycles. The van der Waals surface area contributed by atoms with Gasteiger partial charge in [0.1, 0.15) is 11.5 Å². The maximum atomic E-state index is 11.9. The first-order valence-electron chi connectivity index (χ1n) is 7.64. The summed E-state index contributed by atoms with van der Waals surface area (Å²) in [6, 6.07) is 12.9. The van der Waals surface area contributed by atoms with Gasteiger partial charge < -0.3 is 4.42 Å². The number of hydrogen-bond donors (Lipinski definition) is 1. The molecule has 0 unspecified atom stereocenters. The van der Waals surface area contributed by atoms with Gasteiger partial charge in [0.05, 0.1) is 22.3 Å². The van der Waals surface area contributed by atoms with E-state index in [0.717, 1.165) is 5.69 Å². The Morgan fingerprint density at radius 1 is 1.23 bits per heavy atom. The van der Waals surface area contributed by atoms with Gasteiger partial charge in [-0.25, -0.2) is 5.43 Å². The lowest BCUT2D eigenvalue weighted by Gasteiger charge is -1.99. The molecule has 3 rings (SSSR count). The summed E-state index contributed by atoms with van der Waals surface area (Å²) in [5.41, 5.74) is 3.88. The highest BCUT2D eigenvalue weighted by atomic mass is 16.6. The number of pyridine rings is 1. The second-order valence-corrected chi connectivity index (χ2v) is 5.36. The maximum Gasteiger partial charge on any atom is 0.280 e. The van der Waals surface area contributed by atoms with E-state index < -0.39 is 10.8 Å². The van der Waals surface area contributed by atoms with E-state index in [1.54, 1.807) is 42.5 Å². The number of amides is 1. The molecule has 1 amide bonds. The van der Waals surface area contributed by atoms with Crippen molar-refractivity contribution < 1.29 is 14.1 Å². The van der Waals surface area contributed by atoms with Crippen molar-refractivity contribution in [3.63, 3.8) is 0 Å². The minimum atomic E-state index is -0.471. The van der Waals surface area contributed by atoms with Crippen LogP contribution in [0, 0.1) is 17.0 Å². The molecule has 1 aromatic carbocycles. The molecule has 0 radical (unpaired) electrons. The van der Waals surface area contributed by atoms with Crippen LogP contribution < -0.4 is 5.43 Å². The molecule has 0 fully saturated rings. The first-order chi connectivity index (χ1) is 12.5.